The number of benzene rings is 1. The SMILES string of the molecule is CCOCCCNCC(C)Oc1cc(F)cc(F)c1. The number of nitrogens with one attached hydrogen (secondary N) is 1. The third kappa shape index (κ3) is 7.08. The lowest BCUT2D eigenvalue weighted by molar-refractivity contribution is 0.143. The molecular weight excluding hydrogens is 252 g/mol. The van der Waals surface area contributed by atoms with Gasteiger partial charge in [-0.2, -0.15) is 0 Å². The largest absolute Gasteiger partial charge is 0.489 e. The first kappa shape index (κ1) is 15.9. The van der Waals surface area contributed by atoms with Crippen LogP contribution in [0.25, 0.3) is 0 Å². The molecule has 1 atom stereocenters. The molecule has 1 unspecified atom stereocenters. The first-order valence-corrected chi connectivity index (χ1v) is 6.53. The van der Waals surface area contributed by atoms with Crippen LogP contribution in [0.1, 0.15) is 20.3 Å². The Kier molecular flexibility index (Phi) is 7.36. The molecule has 0 heterocycles. The predicted octanol–water partition coefficient (Wildman–Crippen LogP) is 2.75. The highest BCUT2D eigenvalue weighted by Gasteiger charge is 2.06. The van der Waals surface area contributed by atoms with Crippen LogP contribution in [-0.2, 0) is 4.74 Å². The van der Waals surface area contributed by atoms with Gasteiger partial charge in [-0.15, -0.1) is 0 Å². The standard InChI is InChI=1S/C14H21F2NO2/c1-3-18-6-4-5-17-10-11(2)19-14-8-12(15)7-13(16)9-14/h7-9,11,17H,3-6,10H2,1-2H3. The zero-order valence-electron chi connectivity index (χ0n) is 11.4. The van der Waals surface area contributed by atoms with Crippen molar-refractivity contribution in [2.75, 3.05) is 26.3 Å². The van der Waals surface area contributed by atoms with Gasteiger partial charge in [0.05, 0.1) is 0 Å². The highest BCUT2D eigenvalue weighted by Crippen LogP contribution is 2.16. The summed E-state index contributed by atoms with van der Waals surface area (Å²) in [5, 5.41) is 3.20. The molecule has 0 aliphatic rings. The van der Waals surface area contributed by atoms with E-state index < -0.39 is 11.6 Å². The highest BCUT2D eigenvalue weighted by molar-refractivity contribution is 5.24. The molecule has 5 heteroatoms. The Morgan fingerprint density at radius 1 is 1.21 bits per heavy atom. The van der Waals surface area contributed by atoms with Gasteiger partial charge in [0, 0.05) is 38.0 Å². The Morgan fingerprint density at radius 3 is 2.53 bits per heavy atom. The van der Waals surface area contributed by atoms with E-state index in [0.717, 1.165) is 32.2 Å². The summed E-state index contributed by atoms with van der Waals surface area (Å²) >= 11 is 0. The van der Waals surface area contributed by atoms with Crippen molar-refractivity contribution in [1.29, 1.82) is 0 Å². The van der Waals surface area contributed by atoms with Gasteiger partial charge in [-0.05, 0) is 26.8 Å². The molecule has 0 radical (unpaired) electrons. The monoisotopic (exact) mass is 273 g/mol. The zero-order valence-corrected chi connectivity index (χ0v) is 11.4. The average Bonchev–Trinajstić information content (AvgIpc) is 2.32. The van der Waals surface area contributed by atoms with E-state index in [9.17, 15) is 8.78 Å². The Hall–Kier alpha value is -1.20. The Bertz CT molecular complexity index is 354. The molecule has 1 aromatic carbocycles. The van der Waals surface area contributed by atoms with Crippen LogP contribution >= 0.6 is 0 Å². The van der Waals surface area contributed by atoms with Crippen LogP contribution in [0.4, 0.5) is 8.78 Å². The van der Waals surface area contributed by atoms with E-state index >= 15 is 0 Å². The smallest absolute Gasteiger partial charge is 0.129 e. The molecule has 1 rings (SSSR count). The van der Waals surface area contributed by atoms with Crippen LogP contribution in [0.2, 0.25) is 0 Å². The fraction of sp³-hybridized carbons (Fsp3) is 0.571. The Balaban J connectivity index is 2.21. The lowest BCUT2D eigenvalue weighted by atomic mass is 10.3. The number of hydrogen-bond donors (Lipinski definition) is 1. The number of hydrogen-bond acceptors (Lipinski definition) is 3. The minimum absolute atomic E-state index is 0.159. The Morgan fingerprint density at radius 2 is 1.89 bits per heavy atom. The lowest BCUT2D eigenvalue weighted by Gasteiger charge is -2.15. The van der Waals surface area contributed by atoms with Crippen LogP contribution in [-0.4, -0.2) is 32.4 Å². The van der Waals surface area contributed by atoms with Gasteiger partial charge in [0.25, 0.3) is 0 Å². The topological polar surface area (TPSA) is 30.5 Å². The van der Waals surface area contributed by atoms with Crippen LogP contribution in [0.15, 0.2) is 18.2 Å². The van der Waals surface area contributed by atoms with E-state index in [2.05, 4.69) is 5.32 Å². The van der Waals surface area contributed by atoms with E-state index in [-0.39, 0.29) is 11.9 Å². The quantitative estimate of drug-likeness (QED) is 0.702. The lowest BCUT2D eigenvalue weighted by Crippen LogP contribution is -2.30. The third-order valence-corrected chi connectivity index (χ3v) is 2.45. The first-order valence-electron chi connectivity index (χ1n) is 6.53. The molecule has 19 heavy (non-hydrogen) atoms. The molecule has 0 aliphatic carbocycles. The summed E-state index contributed by atoms with van der Waals surface area (Å²) in [5.41, 5.74) is 0. The Labute approximate surface area is 112 Å². The van der Waals surface area contributed by atoms with E-state index in [1.165, 1.54) is 12.1 Å². The summed E-state index contributed by atoms with van der Waals surface area (Å²) in [5.74, 6) is -1.06. The molecule has 1 N–H and O–H groups in total. The van der Waals surface area contributed by atoms with E-state index in [0.29, 0.717) is 6.54 Å². The van der Waals surface area contributed by atoms with E-state index in [1.54, 1.807) is 0 Å². The van der Waals surface area contributed by atoms with Crippen molar-refractivity contribution in [2.45, 2.75) is 26.4 Å². The van der Waals surface area contributed by atoms with Gasteiger partial charge in [0.1, 0.15) is 23.5 Å². The molecule has 0 aliphatic heterocycles. The van der Waals surface area contributed by atoms with Crippen molar-refractivity contribution >= 4 is 0 Å². The van der Waals surface area contributed by atoms with Gasteiger partial charge in [0.2, 0.25) is 0 Å². The van der Waals surface area contributed by atoms with E-state index in [1.807, 2.05) is 13.8 Å². The molecule has 0 fully saturated rings. The van der Waals surface area contributed by atoms with Crippen molar-refractivity contribution in [3.05, 3.63) is 29.8 Å². The van der Waals surface area contributed by atoms with E-state index in [4.69, 9.17) is 9.47 Å². The van der Waals surface area contributed by atoms with Gasteiger partial charge in [-0.1, -0.05) is 0 Å². The van der Waals surface area contributed by atoms with Gasteiger partial charge >= 0.3 is 0 Å². The van der Waals surface area contributed by atoms with Crippen molar-refractivity contribution in [3.8, 4) is 5.75 Å². The fourth-order valence-electron chi connectivity index (χ4n) is 1.62. The summed E-state index contributed by atoms with van der Waals surface area (Å²) in [6.45, 7) is 6.70. The molecule has 1 aromatic rings. The van der Waals surface area contributed by atoms with Crippen LogP contribution in [0, 0.1) is 11.6 Å². The minimum Gasteiger partial charge on any atom is -0.489 e. The maximum Gasteiger partial charge on any atom is 0.129 e. The van der Waals surface area contributed by atoms with Crippen LogP contribution in [0.5, 0.6) is 5.75 Å². The van der Waals surface area contributed by atoms with Gasteiger partial charge < -0.3 is 14.8 Å². The average molecular weight is 273 g/mol. The molecule has 0 bridgehead atoms. The molecule has 0 amide bonds. The van der Waals surface area contributed by atoms with Crippen LogP contribution < -0.4 is 10.1 Å². The minimum atomic E-state index is -0.633. The second-order valence-electron chi connectivity index (χ2n) is 4.29. The van der Waals surface area contributed by atoms with Crippen molar-refractivity contribution in [3.63, 3.8) is 0 Å². The highest BCUT2D eigenvalue weighted by atomic mass is 19.1. The number of rotatable bonds is 9. The normalized spacial score (nSPS) is 12.4. The summed E-state index contributed by atoms with van der Waals surface area (Å²) < 4.78 is 36.5. The molecule has 0 saturated heterocycles. The maximum atomic E-state index is 13.0. The van der Waals surface area contributed by atoms with Crippen molar-refractivity contribution in [2.24, 2.45) is 0 Å². The van der Waals surface area contributed by atoms with Crippen molar-refractivity contribution < 1.29 is 18.3 Å². The molecule has 108 valence electrons. The molecule has 0 spiro atoms. The van der Waals surface area contributed by atoms with Crippen LogP contribution in [0.3, 0.4) is 0 Å². The van der Waals surface area contributed by atoms with Gasteiger partial charge in [-0.3, -0.25) is 0 Å². The second kappa shape index (κ2) is 8.82. The van der Waals surface area contributed by atoms with Gasteiger partial charge in [-0.25, -0.2) is 8.78 Å². The molecular formula is C14H21F2NO2. The van der Waals surface area contributed by atoms with Gasteiger partial charge in [0.15, 0.2) is 0 Å². The first-order chi connectivity index (χ1) is 9.11. The summed E-state index contributed by atoms with van der Waals surface area (Å²) in [6.07, 6.45) is 0.767. The maximum absolute atomic E-state index is 13.0. The van der Waals surface area contributed by atoms with Crippen molar-refractivity contribution in [1.82, 2.24) is 5.32 Å². The summed E-state index contributed by atoms with van der Waals surface area (Å²) in [6, 6.07) is 3.17. The third-order valence-electron chi connectivity index (χ3n) is 2.45. The molecule has 0 saturated carbocycles. The molecule has 3 nitrogen and oxygen atoms in total. The number of ether oxygens (including phenoxy) is 2. The fourth-order valence-corrected chi connectivity index (χ4v) is 1.62. The number of halogens is 2. The summed E-state index contributed by atoms with van der Waals surface area (Å²) in [4.78, 5) is 0. The molecule has 0 aromatic heterocycles. The predicted molar refractivity (Wildman–Crippen MR) is 70.4 cm³/mol. The second-order valence-corrected chi connectivity index (χ2v) is 4.29. The summed E-state index contributed by atoms with van der Waals surface area (Å²) in [7, 11) is 0. The zero-order chi connectivity index (χ0) is 14.1.